The second-order valence-corrected chi connectivity index (χ2v) is 4.00. The van der Waals surface area contributed by atoms with Crippen molar-refractivity contribution in [3.05, 3.63) is 0 Å². The highest BCUT2D eigenvalue weighted by atomic mass is 79.9. The summed E-state index contributed by atoms with van der Waals surface area (Å²) >= 11 is 6.50. The average Bonchev–Trinajstić information content (AvgIpc) is 2.04. The first kappa shape index (κ1) is 12.2. The van der Waals surface area contributed by atoms with Crippen LogP contribution in [0.2, 0.25) is 0 Å². The van der Waals surface area contributed by atoms with Crippen LogP contribution >= 0.6 is 32.3 Å². The molecular weight excluding hydrogens is 288 g/mol. The van der Waals surface area contributed by atoms with Crippen LogP contribution in [0.5, 0.6) is 0 Å². The molecule has 0 aliphatic carbocycles. The van der Waals surface area contributed by atoms with Gasteiger partial charge in [0.05, 0.1) is 32.3 Å². The Hall–Kier alpha value is 0.190. The molecule has 0 aromatic carbocycles. The van der Waals surface area contributed by atoms with Gasteiger partial charge < -0.3 is 5.73 Å². The van der Waals surface area contributed by atoms with Crippen molar-refractivity contribution in [2.45, 2.75) is 13.3 Å². The lowest BCUT2D eigenvalue weighted by atomic mass is 10.5. The van der Waals surface area contributed by atoms with E-state index < -0.39 is 0 Å². The van der Waals surface area contributed by atoms with E-state index >= 15 is 0 Å². The number of hydrogen-bond acceptors (Lipinski definition) is 2. The third kappa shape index (κ3) is 4.27. The second-order valence-electron chi connectivity index (χ2n) is 2.28. The zero-order valence-electron chi connectivity index (χ0n) is 7.06. The van der Waals surface area contributed by atoms with Gasteiger partial charge in [-0.25, -0.2) is 0 Å². The Bertz CT molecular complexity index is 128. The highest BCUT2D eigenvalue weighted by molar-refractivity contribution is 9.08. The number of nitrogens with zero attached hydrogens (tertiary/aromatic N) is 2. The summed E-state index contributed by atoms with van der Waals surface area (Å²) in [4.78, 5) is 0. The molecule has 0 amide bonds. The minimum Gasteiger partial charge on any atom is -0.329 e. The van der Waals surface area contributed by atoms with Gasteiger partial charge in [-0.2, -0.15) is 0 Å². The second kappa shape index (κ2) is 6.68. The van der Waals surface area contributed by atoms with Gasteiger partial charge >= 0.3 is 0 Å². The summed E-state index contributed by atoms with van der Waals surface area (Å²) in [5.74, 6) is 0.377. The van der Waals surface area contributed by atoms with Crippen molar-refractivity contribution < 1.29 is 0 Å². The van der Waals surface area contributed by atoms with Crippen molar-refractivity contribution in [2.75, 3.05) is 19.6 Å². The van der Waals surface area contributed by atoms with E-state index in [4.69, 9.17) is 11.1 Å². The summed E-state index contributed by atoms with van der Waals surface area (Å²) in [6.07, 6.45) is 0.997. The van der Waals surface area contributed by atoms with Crippen molar-refractivity contribution in [2.24, 2.45) is 5.73 Å². The van der Waals surface area contributed by atoms with Crippen LogP contribution in [0, 0.1) is 5.41 Å². The van der Waals surface area contributed by atoms with Gasteiger partial charge in [0.1, 0.15) is 0 Å². The summed E-state index contributed by atoms with van der Waals surface area (Å²) in [7, 11) is 0. The number of hydrogen-bond donors (Lipinski definition) is 2. The molecule has 0 saturated carbocycles. The molecule has 0 spiro atoms. The molecule has 0 saturated heterocycles. The van der Waals surface area contributed by atoms with E-state index in [2.05, 4.69) is 39.2 Å². The Morgan fingerprint density at radius 2 is 1.83 bits per heavy atom. The maximum absolute atomic E-state index is 7.61. The van der Waals surface area contributed by atoms with Gasteiger partial charge in [-0.1, -0.05) is 6.92 Å². The van der Waals surface area contributed by atoms with Gasteiger partial charge in [0, 0.05) is 19.6 Å². The van der Waals surface area contributed by atoms with Crippen LogP contribution in [0.1, 0.15) is 13.3 Å². The fourth-order valence-electron chi connectivity index (χ4n) is 0.639. The molecule has 0 aromatic rings. The topological polar surface area (TPSA) is 56.4 Å². The summed E-state index contributed by atoms with van der Waals surface area (Å²) in [5.41, 5.74) is 5.34. The number of halogens is 2. The Morgan fingerprint density at radius 3 is 2.25 bits per heavy atom. The van der Waals surface area contributed by atoms with Crippen LogP contribution in [0.4, 0.5) is 0 Å². The highest BCUT2D eigenvalue weighted by Gasteiger charge is 2.10. The third-order valence-electron chi connectivity index (χ3n) is 1.20. The van der Waals surface area contributed by atoms with Crippen LogP contribution in [-0.2, 0) is 0 Å². The minimum absolute atomic E-state index is 0.377. The van der Waals surface area contributed by atoms with E-state index in [0.717, 1.165) is 13.0 Å². The summed E-state index contributed by atoms with van der Waals surface area (Å²) in [6.45, 7) is 4.03. The Kier molecular flexibility index (Phi) is 6.78. The third-order valence-corrected chi connectivity index (χ3v) is 2.59. The van der Waals surface area contributed by atoms with Gasteiger partial charge in [0.25, 0.3) is 0 Å². The van der Waals surface area contributed by atoms with E-state index in [1.54, 1.807) is 7.85 Å². The van der Waals surface area contributed by atoms with E-state index in [-0.39, 0.29) is 0 Å². The molecular formula is C6H14Br2N4. The molecule has 6 heteroatoms. The van der Waals surface area contributed by atoms with E-state index in [9.17, 15) is 0 Å². The van der Waals surface area contributed by atoms with E-state index in [1.807, 2.05) is 0 Å². The molecule has 72 valence electrons. The lowest BCUT2D eigenvalue weighted by molar-refractivity contribution is 0.566. The predicted molar refractivity (Wildman–Crippen MR) is 58.3 cm³/mol. The maximum Gasteiger partial charge on any atom is 0.214 e. The predicted octanol–water partition coefficient (Wildman–Crippen LogP) is 1.51. The molecule has 4 nitrogen and oxygen atoms in total. The monoisotopic (exact) mass is 300 g/mol. The van der Waals surface area contributed by atoms with Gasteiger partial charge in [0.15, 0.2) is 0 Å². The highest BCUT2D eigenvalue weighted by Crippen LogP contribution is 2.07. The first-order valence-electron chi connectivity index (χ1n) is 3.78. The lowest BCUT2D eigenvalue weighted by Gasteiger charge is -2.23. The van der Waals surface area contributed by atoms with E-state index in [0.29, 0.717) is 19.0 Å². The molecule has 0 rings (SSSR count). The van der Waals surface area contributed by atoms with Crippen LogP contribution in [0.15, 0.2) is 0 Å². The Morgan fingerprint density at radius 1 is 1.33 bits per heavy atom. The van der Waals surface area contributed by atoms with Crippen molar-refractivity contribution in [1.82, 2.24) is 7.85 Å². The largest absolute Gasteiger partial charge is 0.329 e. The number of rotatable bonds is 4. The molecule has 0 aliphatic rings. The van der Waals surface area contributed by atoms with Gasteiger partial charge in [0.2, 0.25) is 5.96 Å². The molecule has 0 unspecified atom stereocenters. The number of guanidine groups is 1. The Balaban J connectivity index is 3.82. The summed E-state index contributed by atoms with van der Waals surface area (Å²) in [6, 6.07) is 0. The van der Waals surface area contributed by atoms with Crippen molar-refractivity contribution >= 4 is 38.3 Å². The zero-order chi connectivity index (χ0) is 9.56. The van der Waals surface area contributed by atoms with Crippen LogP contribution < -0.4 is 5.73 Å². The number of nitrogens with one attached hydrogen (secondary N) is 1. The number of nitrogens with two attached hydrogens (primary N) is 1. The summed E-state index contributed by atoms with van der Waals surface area (Å²) < 4.78 is 3.31. The fraction of sp³-hybridized carbons (Fsp3) is 0.833. The molecule has 0 bridgehead atoms. The molecule has 0 aliphatic heterocycles. The molecule has 0 atom stereocenters. The quantitative estimate of drug-likeness (QED) is 0.470. The van der Waals surface area contributed by atoms with Crippen LogP contribution in [0.25, 0.3) is 0 Å². The fourth-order valence-corrected chi connectivity index (χ4v) is 1.79. The SMILES string of the molecule is CCCN(Br)C(=N)N(Br)CCN. The normalized spacial score (nSPS) is 9.67. The smallest absolute Gasteiger partial charge is 0.214 e. The van der Waals surface area contributed by atoms with Gasteiger partial charge in [-0.15, -0.1) is 0 Å². The molecule has 12 heavy (non-hydrogen) atoms. The molecule has 0 heterocycles. The van der Waals surface area contributed by atoms with Crippen molar-refractivity contribution in [1.29, 1.82) is 5.41 Å². The Labute approximate surface area is 90.3 Å². The van der Waals surface area contributed by atoms with E-state index in [1.165, 1.54) is 0 Å². The molecule has 3 N–H and O–H groups in total. The van der Waals surface area contributed by atoms with Gasteiger partial charge in [-0.05, 0) is 6.42 Å². The molecule has 0 fully saturated rings. The van der Waals surface area contributed by atoms with Crippen LogP contribution in [0.3, 0.4) is 0 Å². The molecule has 0 radical (unpaired) electrons. The minimum atomic E-state index is 0.377. The molecule has 0 aromatic heterocycles. The maximum atomic E-state index is 7.61. The standard InChI is InChI=1S/C6H14Br2N4/c1-2-4-11(7)6(10)12(8)5-3-9/h10H,2-5,9H2,1H3. The first-order valence-corrected chi connectivity index (χ1v) is 5.20. The van der Waals surface area contributed by atoms with Crippen molar-refractivity contribution in [3.63, 3.8) is 0 Å². The van der Waals surface area contributed by atoms with Crippen LogP contribution in [-0.4, -0.2) is 33.4 Å². The zero-order valence-corrected chi connectivity index (χ0v) is 10.2. The average molecular weight is 302 g/mol. The first-order chi connectivity index (χ1) is 5.63. The lowest BCUT2D eigenvalue weighted by Crippen LogP contribution is -2.35. The van der Waals surface area contributed by atoms with Crippen molar-refractivity contribution in [3.8, 4) is 0 Å². The van der Waals surface area contributed by atoms with Gasteiger partial charge in [-0.3, -0.25) is 13.3 Å². The summed E-state index contributed by atoms with van der Waals surface area (Å²) in [5, 5.41) is 7.61.